The van der Waals surface area contributed by atoms with Crippen molar-refractivity contribution in [1.82, 2.24) is 19.7 Å². The van der Waals surface area contributed by atoms with Crippen LogP contribution in [0.15, 0.2) is 30.3 Å². The van der Waals surface area contributed by atoms with Gasteiger partial charge in [0, 0.05) is 24.0 Å². The van der Waals surface area contributed by atoms with Gasteiger partial charge in [0.05, 0.1) is 11.1 Å². The number of nitrogens with one attached hydrogen (secondary N) is 1. The Labute approximate surface area is 185 Å². The number of aryl methyl sites for hydroxylation is 5. The minimum atomic E-state index is -0.271. The lowest BCUT2D eigenvalue weighted by Crippen LogP contribution is -2.20. The van der Waals surface area contributed by atoms with Crippen molar-refractivity contribution < 1.29 is 9.53 Å². The number of amides is 1. The maximum atomic E-state index is 12.5. The Balaban J connectivity index is 1.42. The molecule has 0 aliphatic rings. The van der Waals surface area contributed by atoms with E-state index in [0.717, 1.165) is 39.3 Å². The zero-order chi connectivity index (χ0) is 22.1. The Morgan fingerprint density at radius 2 is 1.87 bits per heavy atom. The van der Waals surface area contributed by atoms with Crippen molar-refractivity contribution >= 4 is 33.4 Å². The molecule has 0 aliphatic heterocycles. The molecule has 1 amide bonds. The largest absolute Gasteiger partial charge is 0.466 e. The van der Waals surface area contributed by atoms with Crippen molar-refractivity contribution in [2.75, 3.05) is 11.9 Å². The molecule has 4 rings (SSSR count). The summed E-state index contributed by atoms with van der Waals surface area (Å²) in [6.45, 7) is 7.81. The van der Waals surface area contributed by atoms with Gasteiger partial charge in [0.25, 0.3) is 5.91 Å². The van der Waals surface area contributed by atoms with Crippen LogP contribution in [0.4, 0.5) is 5.13 Å². The van der Waals surface area contributed by atoms with Gasteiger partial charge in [-0.2, -0.15) is 0 Å². The van der Waals surface area contributed by atoms with E-state index in [-0.39, 0.29) is 12.5 Å². The number of hydrogen-bond acceptors (Lipinski definition) is 6. The summed E-state index contributed by atoms with van der Waals surface area (Å²) in [4.78, 5) is 22.6. The molecule has 31 heavy (non-hydrogen) atoms. The van der Waals surface area contributed by atoms with E-state index >= 15 is 0 Å². The standard InChI is InChI=1S/C23H25N5O2S/c1-13-6-8-17(9-7-13)11-18-16(4)25-23(31-18)26-19(29)12-30-22-20-14(2)10-15(3)24-21(20)28(5)27-22/h6-10H,11-12H2,1-5H3,(H,25,26,29). The molecule has 0 bridgehead atoms. The average Bonchev–Trinajstić information content (AvgIpc) is 3.21. The first-order valence-electron chi connectivity index (χ1n) is 10.1. The summed E-state index contributed by atoms with van der Waals surface area (Å²) in [5.41, 5.74) is 6.05. The molecule has 0 saturated carbocycles. The molecule has 7 nitrogen and oxygen atoms in total. The summed E-state index contributed by atoms with van der Waals surface area (Å²) in [5, 5.41) is 8.62. The molecular weight excluding hydrogens is 410 g/mol. The first-order valence-corrected chi connectivity index (χ1v) is 10.9. The highest BCUT2D eigenvalue weighted by atomic mass is 32.1. The van der Waals surface area contributed by atoms with E-state index in [9.17, 15) is 4.79 Å². The van der Waals surface area contributed by atoms with E-state index in [2.05, 4.69) is 51.6 Å². The maximum Gasteiger partial charge on any atom is 0.264 e. The maximum absolute atomic E-state index is 12.5. The Morgan fingerprint density at radius 1 is 1.13 bits per heavy atom. The van der Waals surface area contributed by atoms with Crippen LogP contribution in [0.5, 0.6) is 5.88 Å². The summed E-state index contributed by atoms with van der Waals surface area (Å²) in [6.07, 6.45) is 0.793. The van der Waals surface area contributed by atoms with Gasteiger partial charge in [-0.25, -0.2) is 14.6 Å². The zero-order valence-electron chi connectivity index (χ0n) is 18.3. The van der Waals surface area contributed by atoms with E-state index in [1.165, 1.54) is 22.5 Å². The summed E-state index contributed by atoms with van der Waals surface area (Å²) >= 11 is 1.49. The highest BCUT2D eigenvalue weighted by Gasteiger charge is 2.17. The van der Waals surface area contributed by atoms with Crippen LogP contribution in [-0.2, 0) is 18.3 Å². The van der Waals surface area contributed by atoms with Crippen LogP contribution in [0, 0.1) is 27.7 Å². The summed E-state index contributed by atoms with van der Waals surface area (Å²) in [7, 11) is 1.81. The van der Waals surface area contributed by atoms with Crippen molar-refractivity contribution in [3.63, 3.8) is 0 Å². The van der Waals surface area contributed by atoms with Crippen molar-refractivity contribution in [3.8, 4) is 5.88 Å². The summed E-state index contributed by atoms with van der Waals surface area (Å²) in [6, 6.07) is 10.4. The fraction of sp³-hybridized carbons (Fsp3) is 0.304. The predicted molar refractivity (Wildman–Crippen MR) is 123 cm³/mol. The second kappa shape index (κ2) is 8.47. The number of benzene rings is 1. The van der Waals surface area contributed by atoms with Crippen LogP contribution in [0.3, 0.4) is 0 Å². The van der Waals surface area contributed by atoms with Crippen LogP contribution in [0.25, 0.3) is 11.0 Å². The molecule has 0 unspecified atom stereocenters. The highest BCUT2D eigenvalue weighted by molar-refractivity contribution is 7.15. The number of hydrogen-bond donors (Lipinski definition) is 1. The van der Waals surface area contributed by atoms with Gasteiger partial charge in [-0.05, 0) is 44.9 Å². The summed E-state index contributed by atoms with van der Waals surface area (Å²) < 4.78 is 7.40. The molecule has 0 spiro atoms. The van der Waals surface area contributed by atoms with Crippen LogP contribution >= 0.6 is 11.3 Å². The topological polar surface area (TPSA) is 81.9 Å². The van der Waals surface area contributed by atoms with Gasteiger partial charge >= 0.3 is 0 Å². The van der Waals surface area contributed by atoms with Gasteiger partial charge < -0.3 is 4.74 Å². The molecule has 4 aromatic rings. The van der Waals surface area contributed by atoms with Gasteiger partial charge in [-0.15, -0.1) is 16.4 Å². The van der Waals surface area contributed by atoms with Gasteiger partial charge in [0.15, 0.2) is 17.4 Å². The number of anilines is 1. The Morgan fingerprint density at radius 3 is 2.61 bits per heavy atom. The molecule has 3 heterocycles. The monoisotopic (exact) mass is 435 g/mol. The quantitative estimate of drug-likeness (QED) is 0.489. The van der Waals surface area contributed by atoms with E-state index < -0.39 is 0 Å². The van der Waals surface area contributed by atoms with Crippen molar-refractivity contribution in [1.29, 1.82) is 0 Å². The number of rotatable bonds is 6. The average molecular weight is 436 g/mol. The fourth-order valence-corrected chi connectivity index (χ4v) is 4.49. The van der Waals surface area contributed by atoms with E-state index in [1.807, 2.05) is 33.9 Å². The molecule has 8 heteroatoms. The van der Waals surface area contributed by atoms with E-state index in [1.54, 1.807) is 4.68 Å². The number of fused-ring (bicyclic) bond motifs is 1. The molecule has 0 saturated heterocycles. The Hall–Kier alpha value is -3.26. The molecule has 0 radical (unpaired) electrons. The SMILES string of the molecule is Cc1ccc(Cc2sc(NC(=O)COc3nn(C)c4nc(C)cc(C)c34)nc2C)cc1. The molecule has 1 N–H and O–H groups in total. The second-order valence-electron chi connectivity index (χ2n) is 7.73. The normalized spacial score (nSPS) is 11.1. The summed E-state index contributed by atoms with van der Waals surface area (Å²) in [5.74, 6) is 0.139. The number of carbonyl (C=O) groups excluding carboxylic acids is 1. The van der Waals surface area contributed by atoms with Gasteiger partial charge in [-0.1, -0.05) is 29.8 Å². The number of nitrogens with zero attached hydrogens (tertiary/aromatic N) is 4. The van der Waals surface area contributed by atoms with E-state index in [0.29, 0.717) is 11.0 Å². The minimum Gasteiger partial charge on any atom is -0.466 e. The van der Waals surface area contributed by atoms with Crippen LogP contribution < -0.4 is 10.1 Å². The molecule has 160 valence electrons. The third kappa shape index (κ3) is 4.59. The molecular formula is C23H25N5O2S. The van der Waals surface area contributed by atoms with Crippen LogP contribution in [0.2, 0.25) is 0 Å². The first kappa shape index (κ1) is 21.0. The Kier molecular flexibility index (Phi) is 5.73. The molecule has 1 aromatic carbocycles. The third-order valence-electron chi connectivity index (χ3n) is 5.05. The lowest BCUT2D eigenvalue weighted by Gasteiger charge is -2.04. The number of thiazole rings is 1. The first-order chi connectivity index (χ1) is 14.8. The van der Waals surface area contributed by atoms with Gasteiger partial charge in [0.2, 0.25) is 5.88 Å². The highest BCUT2D eigenvalue weighted by Crippen LogP contribution is 2.28. The molecule has 0 atom stereocenters. The number of ether oxygens (including phenoxy) is 1. The minimum absolute atomic E-state index is 0.147. The van der Waals surface area contributed by atoms with Crippen molar-refractivity contribution in [3.05, 3.63) is 63.3 Å². The lowest BCUT2D eigenvalue weighted by atomic mass is 10.1. The fourth-order valence-electron chi connectivity index (χ4n) is 3.48. The van der Waals surface area contributed by atoms with Gasteiger partial charge in [-0.3, -0.25) is 10.1 Å². The van der Waals surface area contributed by atoms with Gasteiger partial charge in [0.1, 0.15) is 0 Å². The number of carbonyl (C=O) groups is 1. The number of aromatic nitrogens is 4. The molecule has 3 aromatic heterocycles. The smallest absolute Gasteiger partial charge is 0.264 e. The molecule has 0 aliphatic carbocycles. The van der Waals surface area contributed by atoms with Crippen molar-refractivity contribution in [2.45, 2.75) is 34.1 Å². The predicted octanol–water partition coefficient (Wildman–Crippen LogP) is 4.27. The lowest BCUT2D eigenvalue weighted by molar-refractivity contribution is -0.118. The zero-order valence-corrected chi connectivity index (χ0v) is 19.1. The number of pyridine rings is 1. The second-order valence-corrected chi connectivity index (χ2v) is 8.82. The molecule has 0 fully saturated rings. The van der Waals surface area contributed by atoms with Crippen molar-refractivity contribution in [2.24, 2.45) is 7.05 Å². The Bertz CT molecular complexity index is 1260. The van der Waals surface area contributed by atoms with Crippen LogP contribution in [0.1, 0.15) is 33.0 Å². The van der Waals surface area contributed by atoms with Crippen LogP contribution in [-0.4, -0.2) is 32.3 Å². The third-order valence-corrected chi connectivity index (χ3v) is 6.12. The van der Waals surface area contributed by atoms with E-state index in [4.69, 9.17) is 4.74 Å².